The summed E-state index contributed by atoms with van der Waals surface area (Å²) in [5, 5.41) is 22.6. The molecule has 0 atom stereocenters. The number of halogens is 1. The SMILES string of the molecule is CCCCc1c(C(=O)O)c(=O)c(C(=O)O)nn1-c1ccccc1Br. The summed E-state index contributed by atoms with van der Waals surface area (Å²) in [5.41, 5.74) is -1.79. The number of benzene rings is 1. The molecule has 7 nitrogen and oxygen atoms in total. The zero-order chi connectivity index (χ0) is 17.9. The zero-order valence-corrected chi connectivity index (χ0v) is 14.4. The van der Waals surface area contributed by atoms with Crippen LogP contribution in [0.1, 0.15) is 46.3 Å². The van der Waals surface area contributed by atoms with E-state index in [1.165, 1.54) is 4.68 Å². The fourth-order valence-electron chi connectivity index (χ4n) is 2.32. The number of aromatic carboxylic acids is 2. The highest BCUT2D eigenvalue weighted by Crippen LogP contribution is 2.23. The van der Waals surface area contributed by atoms with Crippen molar-refractivity contribution in [2.45, 2.75) is 26.2 Å². The van der Waals surface area contributed by atoms with Crippen molar-refractivity contribution in [1.29, 1.82) is 0 Å². The van der Waals surface area contributed by atoms with E-state index in [0.29, 0.717) is 23.0 Å². The molecule has 1 heterocycles. The second-order valence-corrected chi connectivity index (χ2v) is 5.93. The molecular formula is C16H15BrN2O5. The maximum absolute atomic E-state index is 12.3. The highest BCUT2D eigenvalue weighted by Gasteiger charge is 2.26. The van der Waals surface area contributed by atoms with E-state index in [9.17, 15) is 24.6 Å². The predicted molar refractivity (Wildman–Crippen MR) is 90.1 cm³/mol. The molecule has 126 valence electrons. The molecule has 0 aliphatic rings. The van der Waals surface area contributed by atoms with Gasteiger partial charge in [-0.2, -0.15) is 5.10 Å². The molecule has 2 rings (SSSR count). The lowest BCUT2D eigenvalue weighted by Gasteiger charge is -2.16. The summed E-state index contributed by atoms with van der Waals surface area (Å²) in [5.74, 6) is -3.03. The molecule has 2 aromatic rings. The third kappa shape index (κ3) is 3.38. The molecule has 0 radical (unpaired) electrons. The number of carbonyl (C=O) groups is 2. The molecule has 2 N–H and O–H groups in total. The molecular weight excluding hydrogens is 380 g/mol. The smallest absolute Gasteiger partial charge is 0.360 e. The molecule has 0 fully saturated rings. The van der Waals surface area contributed by atoms with Crippen LogP contribution in [-0.4, -0.2) is 31.9 Å². The first-order chi connectivity index (χ1) is 11.4. The number of nitrogens with zero attached hydrogens (tertiary/aromatic N) is 2. The van der Waals surface area contributed by atoms with E-state index in [0.717, 1.165) is 6.42 Å². The van der Waals surface area contributed by atoms with Crippen molar-refractivity contribution in [2.75, 3.05) is 0 Å². The Morgan fingerprint density at radius 1 is 1.21 bits per heavy atom. The summed E-state index contributed by atoms with van der Waals surface area (Å²) in [6, 6.07) is 6.86. The summed E-state index contributed by atoms with van der Waals surface area (Å²) in [7, 11) is 0. The zero-order valence-electron chi connectivity index (χ0n) is 12.8. The molecule has 8 heteroatoms. The van der Waals surface area contributed by atoms with Crippen LogP contribution in [0.15, 0.2) is 33.5 Å². The minimum Gasteiger partial charge on any atom is -0.477 e. The number of aromatic nitrogens is 2. The highest BCUT2D eigenvalue weighted by atomic mass is 79.9. The average Bonchev–Trinajstić information content (AvgIpc) is 2.52. The van der Waals surface area contributed by atoms with E-state index < -0.39 is 28.6 Å². The molecule has 0 aliphatic heterocycles. The maximum Gasteiger partial charge on any atom is 0.360 e. The van der Waals surface area contributed by atoms with Crippen molar-refractivity contribution in [3.8, 4) is 5.69 Å². The second-order valence-electron chi connectivity index (χ2n) is 5.08. The van der Waals surface area contributed by atoms with Gasteiger partial charge in [-0.3, -0.25) is 4.79 Å². The molecule has 0 spiro atoms. The van der Waals surface area contributed by atoms with Gasteiger partial charge in [0.15, 0.2) is 0 Å². The van der Waals surface area contributed by atoms with Gasteiger partial charge in [-0.1, -0.05) is 25.5 Å². The first-order valence-corrected chi connectivity index (χ1v) is 8.05. The predicted octanol–water partition coefficient (Wildman–Crippen LogP) is 2.73. The maximum atomic E-state index is 12.3. The van der Waals surface area contributed by atoms with E-state index in [1.807, 2.05) is 6.92 Å². The number of hydrogen-bond donors (Lipinski definition) is 2. The van der Waals surface area contributed by atoms with E-state index in [1.54, 1.807) is 24.3 Å². The fraction of sp³-hybridized carbons (Fsp3) is 0.250. The van der Waals surface area contributed by atoms with Crippen molar-refractivity contribution in [1.82, 2.24) is 9.78 Å². The van der Waals surface area contributed by atoms with E-state index in [2.05, 4.69) is 21.0 Å². The molecule has 0 amide bonds. The van der Waals surface area contributed by atoms with Crippen molar-refractivity contribution in [2.24, 2.45) is 0 Å². The van der Waals surface area contributed by atoms with E-state index in [4.69, 9.17) is 0 Å². The van der Waals surface area contributed by atoms with Gasteiger partial charge in [-0.05, 0) is 40.9 Å². The van der Waals surface area contributed by atoms with E-state index in [-0.39, 0.29) is 5.69 Å². The summed E-state index contributed by atoms with van der Waals surface area (Å²) in [4.78, 5) is 35.2. The highest BCUT2D eigenvalue weighted by molar-refractivity contribution is 9.10. The number of rotatable bonds is 6. The second kappa shape index (κ2) is 7.39. The number of para-hydroxylation sites is 1. The van der Waals surface area contributed by atoms with Crippen LogP contribution in [0.2, 0.25) is 0 Å². The van der Waals surface area contributed by atoms with E-state index >= 15 is 0 Å². The van der Waals surface area contributed by atoms with Crippen LogP contribution in [0.3, 0.4) is 0 Å². The summed E-state index contributed by atoms with van der Waals surface area (Å²) in [6.45, 7) is 1.93. The Morgan fingerprint density at radius 3 is 2.42 bits per heavy atom. The van der Waals surface area contributed by atoms with Crippen LogP contribution in [0.25, 0.3) is 5.69 Å². The number of carboxylic acid groups (broad SMARTS) is 2. The monoisotopic (exact) mass is 394 g/mol. The van der Waals surface area contributed by atoms with Crippen molar-refractivity contribution in [3.05, 3.63) is 55.9 Å². The van der Waals surface area contributed by atoms with Gasteiger partial charge in [0, 0.05) is 4.47 Å². The fourth-order valence-corrected chi connectivity index (χ4v) is 2.77. The molecule has 0 saturated carbocycles. The van der Waals surface area contributed by atoms with Crippen LogP contribution < -0.4 is 5.43 Å². The first kappa shape index (κ1) is 17.9. The van der Waals surface area contributed by atoms with Crippen molar-refractivity contribution < 1.29 is 19.8 Å². The molecule has 0 bridgehead atoms. The average molecular weight is 395 g/mol. The standard InChI is InChI=1S/C16H15BrN2O5/c1-2-3-7-11-12(15(21)22)14(20)13(16(23)24)18-19(11)10-8-5-4-6-9(10)17/h4-6,8H,2-3,7H2,1H3,(H,21,22)(H,23,24). The van der Waals surface area contributed by atoms with Gasteiger partial charge < -0.3 is 10.2 Å². The van der Waals surface area contributed by atoms with Gasteiger partial charge in [0.05, 0.1) is 11.4 Å². The Bertz CT molecular complexity index is 860. The lowest BCUT2D eigenvalue weighted by Crippen LogP contribution is -2.31. The van der Waals surface area contributed by atoms with Crippen molar-refractivity contribution in [3.63, 3.8) is 0 Å². The van der Waals surface area contributed by atoms with Crippen LogP contribution in [-0.2, 0) is 6.42 Å². The Hall–Kier alpha value is -2.48. The third-order valence-electron chi connectivity index (χ3n) is 3.45. The van der Waals surface area contributed by atoms with Crippen LogP contribution in [0.5, 0.6) is 0 Å². The minimum absolute atomic E-state index is 0.186. The van der Waals surface area contributed by atoms with Gasteiger partial charge in [0.1, 0.15) is 5.56 Å². The normalized spacial score (nSPS) is 10.6. The number of hydrogen-bond acceptors (Lipinski definition) is 4. The summed E-state index contributed by atoms with van der Waals surface area (Å²) < 4.78 is 1.83. The van der Waals surface area contributed by atoms with Crippen LogP contribution in [0.4, 0.5) is 0 Å². The topological polar surface area (TPSA) is 109 Å². The number of carboxylic acids is 2. The molecule has 1 aromatic carbocycles. The largest absolute Gasteiger partial charge is 0.477 e. The lowest BCUT2D eigenvalue weighted by atomic mass is 10.1. The molecule has 0 unspecified atom stereocenters. The van der Waals surface area contributed by atoms with Gasteiger partial charge in [0.25, 0.3) is 0 Å². The quantitative estimate of drug-likeness (QED) is 0.779. The Labute approximate surface area is 145 Å². The molecule has 0 aliphatic carbocycles. The van der Waals surface area contributed by atoms with Crippen LogP contribution in [0, 0.1) is 0 Å². The lowest BCUT2D eigenvalue weighted by molar-refractivity contribution is 0.0685. The Morgan fingerprint density at radius 2 is 1.88 bits per heavy atom. The minimum atomic E-state index is -1.56. The number of unbranched alkanes of at least 4 members (excludes halogenated alkanes) is 1. The van der Waals surface area contributed by atoms with Gasteiger partial charge in [-0.25, -0.2) is 14.3 Å². The van der Waals surface area contributed by atoms with Gasteiger partial charge >= 0.3 is 11.9 Å². The summed E-state index contributed by atoms with van der Waals surface area (Å²) >= 11 is 3.34. The molecule has 0 saturated heterocycles. The Balaban J connectivity index is 2.90. The Kier molecular flexibility index (Phi) is 5.50. The molecule has 1 aromatic heterocycles. The van der Waals surface area contributed by atoms with Gasteiger partial charge in [-0.15, -0.1) is 0 Å². The van der Waals surface area contributed by atoms with Crippen molar-refractivity contribution >= 4 is 27.9 Å². The first-order valence-electron chi connectivity index (χ1n) is 7.26. The van der Waals surface area contributed by atoms with Gasteiger partial charge in [0.2, 0.25) is 11.1 Å². The van der Waals surface area contributed by atoms with Crippen LogP contribution >= 0.6 is 15.9 Å². The summed E-state index contributed by atoms with van der Waals surface area (Å²) in [6.07, 6.45) is 1.71. The third-order valence-corrected chi connectivity index (χ3v) is 4.12. The molecule has 24 heavy (non-hydrogen) atoms.